The van der Waals surface area contributed by atoms with Crippen molar-refractivity contribution in [3.05, 3.63) is 88.7 Å². The summed E-state index contributed by atoms with van der Waals surface area (Å²) < 4.78 is 10.7. The number of hydrogen-bond donors (Lipinski definition) is 2. The molecule has 0 saturated carbocycles. The number of methoxy groups -OCH3 is 2. The molecular formula is C25H21N5O5. The molecule has 1 heterocycles. The Balaban J connectivity index is 1.45. The van der Waals surface area contributed by atoms with E-state index in [0.717, 1.165) is 11.1 Å². The van der Waals surface area contributed by atoms with Crippen molar-refractivity contribution in [3.63, 3.8) is 0 Å². The first kappa shape index (κ1) is 23.2. The second kappa shape index (κ2) is 10.3. The number of fused-ring (bicyclic) bond motifs is 1. The van der Waals surface area contributed by atoms with Gasteiger partial charge in [0.25, 0.3) is 5.69 Å². The van der Waals surface area contributed by atoms with E-state index >= 15 is 0 Å². The summed E-state index contributed by atoms with van der Waals surface area (Å²) in [6.07, 6.45) is 4.29. The summed E-state index contributed by atoms with van der Waals surface area (Å²) in [5, 5.41) is 17.6. The molecule has 4 rings (SSSR count). The third-order valence-corrected chi connectivity index (χ3v) is 5.06. The van der Waals surface area contributed by atoms with Crippen LogP contribution in [-0.4, -0.2) is 35.0 Å². The van der Waals surface area contributed by atoms with E-state index in [-0.39, 0.29) is 11.6 Å². The summed E-state index contributed by atoms with van der Waals surface area (Å²) in [4.78, 5) is 31.3. The number of nitrogens with one attached hydrogen (secondary N) is 2. The number of non-ortho nitro benzene ring substituents is 1. The molecule has 10 heteroatoms. The molecule has 0 aliphatic rings. The van der Waals surface area contributed by atoms with Crippen molar-refractivity contribution in [2.24, 2.45) is 0 Å². The number of hydrogen-bond acceptors (Lipinski definition) is 8. The molecule has 35 heavy (non-hydrogen) atoms. The molecule has 0 spiro atoms. The number of nitro groups is 1. The Morgan fingerprint density at radius 1 is 0.971 bits per heavy atom. The molecule has 0 atom stereocenters. The Labute approximate surface area is 200 Å². The maximum atomic E-state index is 12.3. The van der Waals surface area contributed by atoms with Gasteiger partial charge in [0.15, 0.2) is 11.5 Å². The summed E-state index contributed by atoms with van der Waals surface area (Å²) in [5.41, 5.74) is 2.55. The molecule has 0 aliphatic heterocycles. The molecule has 0 aliphatic carbocycles. The summed E-state index contributed by atoms with van der Waals surface area (Å²) in [6.45, 7) is 0. The lowest BCUT2D eigenvalue weighted by molar-refractivity contribution is -0.384. The van der Waals surface area contributed by atoms with Crippen molar-refractivity contribution >= 4 is 45.8 Å². The van der Waals surface area contributed by atoms with Gasteiger partial charge in [0.1, 0.15) is 12.1 Å². The largest absolute Gasteiger partial charge is 0.493 e. The Morgan fingerprint density at radius 2 is 1.69 bits per heavy atom. The summed E-state index contributed by atoms with van der Waals surface area (Å²) >= 11 is 0. The molecule has 4 aromatic rings. The zero-order chi connectivity index (χ0) is 24.8. The summed E-state index contributed by atoms with van der Waals surface area (Å²) in [6, 6.07) is 16.7. The van der Waals surface area contributed by atoms with E-state index < -0.39 is 4.92 Å². The minimum atomic E-state index is -0.482. The zero-order valence-electron chi connectivity index (χ0n) is 18.9. The summed E-state index contributed by atoms with van der Waals surface area (Å²) in [7, 11) is 3.13. The van der Waals surface area contributed by atoms with Gasteiger partial charge in [-0.15, -0.1) is 0 Å². The highest BCUT2D eigenvalue weighted by molar-refractivity contribution is 6.02. The van der Waals surface area contributed by atoms with Gasteiger partial charge in [-0.25, -0.2) is 9.97 Å². The number of anilines is 3. The quantitative estimate of drug-likeness (QED) is 0.210. The van der Waals surface area contributed by atoms with E-state index in [1.54, 1.807) is 62.8 Å². The van der Waals surface area contributed by atoms with E-state index in [1.807, 2.05) is 0 Å². The van der Waals surface area contributed by atoms with E-state index in [1.165, 1.54) is 30.6 Å². The minimum absolute atomic E-state index is 0.0373. The number of carbonyl (C=O) groups excluding carboxylic acids is 1. The van der Waals surface area contributed by atoms with Crippen LogP contribution in [0, 0.1) is 10.1 Å². The van der Waals surface area contributed by atoms with Crippen molar-refractivity contribution < 1.29 is 19.2 Å². The first-order chi connectivity index (χ1) is 17.0. The maximum absolute atomic E-state index is 12.3. The Kier molecular flexibility index (Phi) is 6.82. The molecule has 176 valence electrons. The molecular weight excluding hydrogens is 450 g/mol. The van der Waals surface area contributed by atoms with Crippen LogP contribution in [0.15, 0.2) is 73.1 Å². The normalized spacial score (nSPS) is 10.8. The minimum Gasteiger partial charge on any atom is -0.493 e. The lowest BCUT2D eigenvalue weighted by Crippen LogP contribution is -2.07. The molecule has 0 saturated heterocycles. The van der Waals surface area contributed by atoms with E-state index in [2.05, 4.69) is 20.6 Å². The molecule has 1 amide bonds. The van der Waals surface area contributed by atoms with Gasteiger partial charge in [0.2, 0.25) is 5.91 Å². The van der Waals surface area contributed by atoms with Crippen molar-refractivity contribution in [2.75, 3.05) is 24.9 Å². The van der Waals surface area contributed by atoms with Gasteiger partial charge in [-0.1, -0.05) is 12.1 Å². The standard InChI is InChI=1S/C25H21N5O5/c1-34-22-13-20-21(14-23(22)35-2)26-15-27-25(20)29-18-9-7-17(8-10-18)28-24(31)11-6-16-4-3-5-19(12-16)30(32)33/h3-15H,1-2H3,(H,28,31)(H,26,27,29)/b11-6+. The Hall–Kier alpha value is -4.99. The van der Waals surface area contributed by atoms with Gasteiger partial charge in [-0.05, 0) is 42.0 Å². The van der Waals surface area contributed by atoms with Crippen molar-refractivity contribution in [2.45, 2.75) is 0 Å². The van der Waals surface area contributed by atoms with Crippen LogP contribution in [0.2, 0.25) is 0 Å². The van der Waals surface area contributed by atoms with Crippen LogP contribution in [0.4, 0.5) is 22.9 Å². The molecule has 3 aromatic carbocycles. The predicted octanol–water partition coefficient (Wildman–Crippen LogP) is 4.95. The van der Waals surface area contributed by atoms with Gasteiger partial charge in [0, 0.05) is 41.0 Å². The van der Waals surface area contributed by atoms with Crippen LogP contribution in [0.3, 0.4) is 0 Å². The van der Waals surface area contributed by atoms with Crippen LogP contribution >= 0.6 is 0 Å². The molecule has 0 bridgehead atoms. The molecule has 1 aromatic heterocycles. The third kappa shape index (κ3) is 5.50. The van der Waals surface area contributed by atoms with Gasteiger partial charge in [-0.2, -0.15) is 0 Å². The van der Waals surface area contributed by atoms with Crippen LogP contribution in [0.25, 0.3) is 17.0 Å². The number of ether oxygens (including phenoxy) is 2. The number of benzene rings is 3. The molecule has 0 radical (unpaired) electrons. The lowest BCUT2D eigenvalue weighted by Gasteiger charge is -2.12. The number of rotatable bonds is 8. The SMILES string of the molecule is COc1cc2ncnc(Nc3ccc(NC(=O)/C=C/c4cccc([N+](=O)[O-])c4)cc3)c2cc1OC. The highest BCUT2D eigenvalue weighted by Crippen LogP contribution is 2.34. The monoisotopic (exact) mass is 471 g/mol. The molecule has 2 N–H and O–H groups in total. The maximum Gasteiger partial charge on any atom is 0.270 e. The number of nitrogens with zero attached hydrogens (tertiary/aromatic N) is 3. The van der Waals surface area contributed by atoms with Crippen LogP contribution < -0.4 is 20.1 Å². The second-order valence-corrected chi connectivity index (χ2v) is 7.32. The summed E-state index contributed by atoms with van der Waals surface area (Å²) in [5.74, 6) is 1.37. The van der Waals surface area contributed by atoms with Crippen LogP contribution in [0.1, 0.15) is 5.56 Å². The fraction of sp³-hybridized carbons (Fsp3) is 0.0800. The number of nitro benzene ring substituents is 1. The van der Waals surface area contributed by atoms with E-state index in [4.69, 9.17) is 9.47 Å². The van der Waals surface area contributed by atoms with Gasteiger partial charge in [-0.3, -0.25) is 14.9 Å². The third-order valence-electron chi connectivity index (χ3n) is 5.06. The fourth-order valence-corrected chi connectivity index (χ4v) is 3.35. The van der Waals surface area contributed by atoms with Crippen LogP contribution in [-0.2, 0) is 4.79 Å². The lowest BCUT2D eigenvalue weighted by atomic mass is 10.2. The van der Waals surface area contributed by atoms with Crippen molar-refractivity contribution in [1.82, 2.24) is 9.97 Å². The van der Waals surface area contributed by atoms with Gasteiger partial charge < -0.3 is 20.1 Å². The Morgan fingerprint density at radius 3 is 2.40 bits per heavy atom. The molecule has 0 fully saturated rings. The fourth-order valence-electron chi connectivity index (χ4n) is 3.35. The highest BCUT2D eigenvalue weighted by atomic mass is 16.6. The Bertz CT molecular complexity index is 1420. The zero-order valence-corrected chi connectivity index (χ0v) is 18.9. The van der Waals surface area contributed by atoms with E-state index in [0.29, 0.717) is 34.1 Å². The number of amides is 1. The van der Waals surface area contributed by atoms with Gasteiger partial charge >= 0.3 is 0 Å². The smallest absolute Gasteiger partial charge is 0.270 e. The van der Waals surface area contributed by atoms with Crippen molar-refractivity contribution in [3.8, 4) is 11.5 Å². The topological polar surface area (TPSA) is 129 Å². The average molecular weight is 471 g/mol. The average Bonchev–Trinajstić information content (AvgIpc) is 2.88. The number of aromatic nitrogens is 2. The van der Waals surface area contributed by atoms with Crippen molar-refractivity contribution in [1.29, 1.82) is 0 Å². The van der Waals surface area contributed by atoms with Crippen LogP contribution in [0.5, 0.6) is 11.5 Å². The first-order valence-corrected chi connectivity index (χ1v) is 10.4. The molecule has 0 unspecified atom stereocenters. The first-order valence-electron chi connectivity index (χ1n) is 10.4. The second-order valence-electron chi connectivity index (χ2n) is 7.32. The molecule has 10 nitrogen and oxygen atoms in total. The predicted molar refractivity (Wildman–Crippen MR) is 133 cm³/mol. The number of carbonyl (C=O) groups is 1. The van der Waals surface area contributed by atoms with Gasteiger partial charge in [0.05, 0.1) is 24.7 Å². The van der Waals surface area contributed by atoms with E-state index in [9.17, 15) is 14.9 Å². The highest BCUT2D eigenvalue weighted by Gasteiger charge is 2.11.